The van der Waals surface area contributed by atoms with E-state index in [-0.39, 0.29) is 35.7 Å². The zero-order valence-electron chi connectivity index (χ0n) is 20.1. The van der Waals surface area contributed by atoms with Gasteiger partial charge in [0.05, 0.1) is 22.8 Å². The smallest absolute Gasteiger partial charge is 0.262 e. The lowest BCUT2D eigenvalue weighted by molar-refractivity contribution is -0.121. The number of fused-ring (bicyclic) bond motifs is 1. The van der Waals surface area contributed by atoms with Gasteiger partial charge in [0, 0.05) is 36.8 Å². The number of carbonyl (C=O) groups is 2. The van der Waals surface area contributed by atoms with Crippen LogP contribution in [0.2, 0.25) is 5.02 Å². The standard InChI is InChI=1S/C26H29ClN4O4S/c1-17-10-11-18(14-21(17)27)29-24(33)16-36-26-30-22-8-3-2-7-20(22)25(34)31(26)12-4-9-23(32)28-15-19-6-5-13-35-19/h2-3,7-8,10-11,14,19H,4-6,9,12-13,15-16H2,1H3,(H,28,32)(H,29,33)/t19-/m1/s1. The number of hydrogen-bond donors (Lipinski definition) is 2. The van der Waals surface area contributed by atoms with Gasteiger partial charge < -0.3 is 15.4 Å². The van der Waals surface area contributed by atoms with Gasteiger partial charge in [-0.25, -0.2) is 4.98 Å². The Morgan fingerprint density at radius 1 is 1.22 bits per heavy atom. The molecule has 36 heavy (non-hydrogen) atoms. The molecule has 0 aliphatic carbocycles. The van der Waals surface area contributed by atoms with Crippen molar-refractivity contribution in [1.29, 1.82) is 0 Å². The van der Waals surface area contributed by atoms with E-state index in [0.717, 1.165) is 25.0 Å². The number of para-hydroxylation sites is 1. The van der Waals surface area contributed by atoms with E-state index in [1.54, 1.807) is 34.9 Å². The van der Waals surface area contributed by atoms with Gasteiger partial charge in [-0.2, -0.15) is 0 Å². The van der Waals surface area contributed by atoms with Crippen LogP contribution in [0.25, 0.3) is 10.9 Å². The molecule has 2 heterocycles. The van der Waals surface area contributed by atoms with Crippen LogP contribution in [0.3, 0.4) is 0 Å². The Kier molecular flexibility index (Phi) is 9.01. The molecule has 1 aliphatic rings. The van der Waals surface area contributed by atoms with Crippen LogP contribution in [0.15, 0.2) is 52.4 Å². The number of benzene rings is 2. The normalized spacial score (nSPS) is 15.2. The molecule has 1 fully saturated rings. The lowest BCUT2D eigenvalue weighted by Gasteiger charge is -2.14. The van der Waals surface area contributed by atoms with E-state index in [9.17, 15) is 14.4 Å². The predicted octanol–water partition coefficient (Wildman–Crippen LogP) is 4.16. The summed E-state index contributed by atoms with van der Waals surface area (Å²) in [4.78, 5) is 42.7. The molecule has 2 amide bonds. The molecule has 0 saturated carbocycles. The largest absolute Gasteiger partial charge is 0.376 e. The zero-order chi connectivity index (χ0) is 25.5. The van der Waals surface area contributed by atoms with Crippen LogP contribution >= 0.6 is 23.4 Å². The molecule has 1 saturated heterocycles. The molecule has 3 aromatic rings. The highest BCUT2D eigenvalue weighted by molar-refractivity contribution is 7.99. The Hall–Kier alpha value is -2.88. The molecule has 1 aromatic heterocycles. The number of hydrogen-bond acceptors (Lipinski definition) is 6. The van der Waals surface area contributed by atoms with Crippen LogP contribution in [0.1, 0.15) is 31.2 Å². The number of nitrogens with zero attached hydrogens (tertiary/aromatic N) is 2. The predicted molar refractivity (Wildman–Crippen MR) is 143 cm³/mol. The first-order valence-corrected chi connectivity index (χ1v) is 13.3. The van der Waals surface area contributed by atoms with Crippen LogP contribution in [-0.4, -0.2) is 46.4 Å². The molecule has 10 heteroatoms. The molecule has 2 aromatic carbocycles. The Bertz CT molecular complexity index is 1310. The number of rotatable bonds is 10. The first-order valence-electron chi connectivity index (χ1n) is 12.0. The molecule has 2 N–H and O–H groups in total. The van der Waals surface area contributed by atoms with Gasteiger partial charge >= 0.3 is 0 Å². The second-order valence-electron chi connectivity index (χ2n) is 8.71. The third kappa shape index (κ3) is 6.87. The van der Waals surface area contributed by atoms with Crippen molar-refractivity contribution in [3.63, 3.8) is 0 Å². The van der Waals surface area contributed by atoms with Crippen LogP contribution in [0.4, 0.5) is 5.69 Å². The fourth-order valence-electron chi connectivity index (χ4n) is 3.97. The minimum absolute atomic E-state index is 0.0676. The third-order valence-electron chi connectivity index (χ3n) is 5.95. The van der Waals surface area contributed by atoms with Gasteiger partial charge in [-0.1, -0.05) is 41.6 Å². The first-order chi connectivity index (χ1) is 17.4. The fourth-order valence-corrected chi connectivity index (χ4v) is 4.98. The summed E-state index contributed by atoms with van der Waals surface area (Å²) in [7, 11) is 0. The fraction of sp³-hybridized carbons (Fsp3) is 0.385. The van der Waals surface area contributed by atoms with Crippen molar-refractivity contribution in [2.45, 2.75) is 50.4 Å². The number of ether oxygens (including phenoxy) is 1. The lowest BCUT2D eigenvalue weighted by Crippen LogP contribution is -2.32. The summed E-state index contributed by atoms with van der Waals surface area (Å²) in [6.45, 7) is 3.47. The van der Waals surface area contributed by atoms with E-state index in [1.807, 2.05) is 19.1 Å². The maximum absolute atomic E-state index is 13.2. The Balaban J connectivity index is 1.40. The third-order valence-corrected chi connectivity index (χ3v) is 7.33. The number of amides is 2. The topological polar surface area (TPSA) is 102 Å². The molecule has 8 nitrogen and oxygen atoms in total. The Morgan fingerprint density at radius 2 is 2.06 bits per heavy atom. The molecule has 0 unspecified atom stereocenters. The Morgan fingerprint density at radius 3 is 2.83 bits per heavy atom. The van der Waals surface area contributed by atoms with Gasteiger partial charge in [-0.15, -0.1) is 0 Å². The quantitative estimate of drug-likeness (QED) is 0.302. The molecular formula is C26H29ClN4O4S. The molecule has 0 bridgehead atoms. The summed E-state index contributed by atoms with van der Waals surface area (Å²) in [5.74, 6) is -0.238. The van der Waals surface area contributed by atoms with E-state index in [0.29, 0.717) is 46.3 Å². The van der Waals surface area contributed by atoms with E-state index in [1.165, 1.54) is 11.8 Å². The van der Waals surface area contributed by atoms with Crippen LogP contribution in [0.5, 0.6) is 0 Å². The minimum atomic E-state index is -0.234. The molecular weight excluding hydrogens is 500 g/mol. The second-order valence-corrected chi connectivity index (χ2v) is 10.1. The van der Waals surface area contributed by atoms with Crippen molar-refractivity contribution in [3.05, 3.63) is 63.4 Å². The van der Waals surface area contributed by atoms with Gasteiger partial charge in [0.15, 0.2) is 5.16 Å². The average molecular weight is 529 g/mol. The summed E-state index contributed by atoms with van der Waals surface area (Å²) in [5, 5.41) is 7.25. The number of anilines is 1. The summed E-state index contributed by atoms with van der Waals surface area (Å²) in [5.41, 5.74) is 1.91. The van der Waals surface area contributed by atoms with Crippen molar-refractivity contribution < 1.29 is 14.3 Å². The first kappa shape index (κ1) is 26.2. The van der Waals surface area contributed by atoms with Crippen molar-refractivity contribution in [3.8, 4) is 0 Å². The van der Waals surface area contributed by atoms with Gasteiger partial charge in [-0.05, 0) is 56.0 Å². The highest BCUT2D eigenvalue weighted by Crippen LogP contribution is 2.22. The zero-order valence-corrected chi connectivity index (χ0v) is 21.7. The molecule has 0 spiro atoms. The van der Waals surface area contributed by atoms with Gasteiger partial charge in [0.25, 0.3) is 5.56 Å². The lowest BCUT2D eigenvalue weighted by atomic mass is 10.2. The highest BCUT2D eigenvalue weighted by Gasteiger charge is 2.17. The van der Waals surface area contributed by atoms with Gasteiger partial charge in [0.1, 0.15) is 0 Å². The van der Waals surface area contributed by atoms with E-state index in [4.69, 9.17) is 16.3 Å². The van der Waals surface area contributed by atoms with Crippen molar-refractivity contribution in [1.82, 2.24) is 14.9 Å². The molecule has 190 valence electrons. The number of carbonyl (C=O) groups excluding carboxylic acids is 2. The van der Waals surface area contributed by atoms with E-state index in [2.05, 4.69) is 15.6 Å². The average Bonchev–Trinajstić information content (AvgIpc) is 3.39. The van der Waals surface area contributed by atoms with Crippen molar-refractivity contribution >= 4 is 51.8 Å². The number of aromatic nitrogens is 2. The monoisotopic (exact) mass is 528 g/mol. The maximum atomic E-state index is 13.2. The summed E-state index contributed by atoms with van der Waals surface area (Å²) in [6.07, 6.45) is 2.83. The van der Waals surface area contributed by atoms with E-state index < -0.39 is 0 Å². The highest BCUT2D eigenvalue weighted by atomic mass is 35.5. The van der Waals surface area contributed by atoms with Crippen LogP contribution in [0, 0.1) is 6.92 Å². The second kappa shape index (κ2) is 12.4. The Labute approximate surface area is 218 Å². The minimum Gasteiger partial charge on any atom is -0.376 e. The summed E-state index contributed by atoms with van der Waals surface area (Å²) in [6, 6.07) is 12.5. The molecule has 0 radical (unpaired) electrons. The maximum Gasteiger partial charge on any atom is 0.262 e. The number of aryl methyl sites for hydroxylation is 1. The number of thioether (sulfide) groups is 1. The van der Waals surface area contributed by atoms with Crippen LogP contribution < -0.4 is 16.2 Å². The molecule has 1 atom stereocenters. The van der Waals surface area contributed by atoms with Crippen molar-refractivity contribution in [2.75, 3.05) is 24.2 Å². The number of nitrogens with one attached hydrogen (secondary N) is 2. The SMILES string of the molecule is Cc1ccc(NC(=O)CSc2nc3ccccc3c(=O)n2CCCC(=O)NC[C@H]2CCCO2)cc1Cl. The van der Waals surface area contributed by atoms with Gasteiger partial charge in [-0.3, -0.25) is 19.0 Å². The van der Waals surface area contributed by atoms with Crippen LogP contribution in [-0.2, 0) is 20.9 Å². The van der Waals surface area contributed by atoms with Gasteiger partial charge in [0.2, 0.25) is 11.8 Å². The summed E-state index contributed by atoms with van der Waals surface area (Å²) >= 11 is 7.33. The molecule has 1 aliphatic heterocycles. The summed E-state index contributed by atoms with van der Waals surface area (Å²) < 4.78 is 7.09. The van der Waals surface area contributed by atoms with Crippen molar-refractivity contribution in [2.24, 2.45) is 0 Å². The number of halogens is 1. The van der Waals surface area contributed by atoms with E-state index >= 15 is 0 Å². The molecule has 4 rings (SSSR count).